The molecule has 3 aromatic carbocycles. The van der Waals surface area contributed by atoms with Crippen LogP contribution in [0.5, 0.6) is 0 Å². The molecule has 0 N–H and O–H groups in total. The highest BCUT2D eigenvalue weighted by Crippen LogP contribution is 2.23. The maximum atomic E-state index is 13.4. The van der Waals surface area contributed by atoms with Crippen molar-refractivity contribution in [1.29, 1.82) is 0 Å². The summed E-state index contributed by atoms with van der Waals surface area (Å²) in [5, 5.41) is 10.1. The largest absolute Gasteiger partial charge is 0.468 e. The van der Waals surface area contributed by atoms with Gasteiger partial charge in [-0.1, -0.05) is 78.9 Å². The van der Waals surface area contributed by atoms with Gasteiger partial charge in [0.15, 0.2) is 0 Å². The predicted molar refractivity (Wildman–Crippen MR) is 162 cm³/mol. The molecule has 0 aliphatic carbocycles. The number of thiophene rings is 1. The van der Waals surface area contributed by atoms with Gasteiger partial charge in [0.1, 0.15) is 31.1 Å². The molecule has 0 bridgehead atoms. The van der Waals surface area contributed by atoms with Crippen LogP contribution in [0.2, 0.25) is 0 Å². The molecule has 0 saturated carbocycles. The number of hydrogen-bond donors (Lipinski definition) is 0. The second-order valence-corrected chi connectivity index (χ2v) is 10.5. The third kappa shape index (κ3) is 6.03. The molecule has 3 aromatic heterocycles. The van der Waals surface area contributed by atoms with Crippen molar-refractivity contribution in [3.63, 3.8) is 0 Å². The molecule has 0 fully saturated rings. The Labute approximate surface area is 245 Å². The Bertz CT molecular complexity index is 1830. The zero-order valence-electron chi connectivity index (χ0n) is 22.5. The number of furan rings is 1. The molecule has 3 heterocycles. The summed E-state index contributed by atoms with van der Waals surface area (Å²) in [4.78, 5) is 40.0. The first-order chi connectivity index (χ1) is 20.5. The highest BCUT2D eigenvalue weighted by molar-refractivity contribution is 7.10. The van der Waals surface area contributed by atoms with Gasteiger partial charge in [0.05, 0.1) is 11.1 Å². The van der Waals surface area contributed by atoms with E-state index in [1.54, 1.807) is 10.8 Å². The number of hydrogen-bond acceptors (Lipinski definition) is 8. The van der Waals surface area contributed by atoms with Crippen molar-refractivity contribution in [2.45, 2.75) is 26.1 Å². The number of carbonyl (C=O) groups excluding carboxylic acids is 2. The summed E-state index contributed by atoms with van der Waals surface area (Å²) in [7, 11) is 0. The molecule has 0 radical (unpaired) electrons. The van der Waals surface area contributed by atoms with Crippen LogP contribution in [0.4, 0.5) is 9.59 Å². The summed E-state index contributed by atoms with van der Waals surface area (Å²) in [6.45, 7) is -1.18. The zero-order valence-corrected chi connectivity index (χ0v) is 23.3. The lowest BCUT2D eigenvalue weighted by molar-refractivity contribution is 0.155. The Kier molecular flexibility index (Phi) is 7.96. The van der Waals surface area contributed by atoms with Crippen LogP contribution in [0.25, 0.3) is 21.7 Å². The van der Waals surface area contributed by atoms with E-state index >= 15 is 0 Å². The van der Waals surface area contributed by atoms with E-state index in [1.807, 2.05) is 91.0 Å². The van der Waals surface area contributed by atoms with Gasteiger partial charge in [-0.05, 0) is 29.6 Å². The lowest BCUT2D eigenvalue weighted by Crippen LogP contribution is -2.40. The predicted octanol–water partition coefficient (Wildman–Crippen LogP) is 6.67. The minimum absolute atomic E-state index is 0.00891. The summed E-state index contributed by atoms with van der Waals surface area (Å²) in [5.74, 6) is -0.887. The number of fused-ring (bicyclic) bond motifs is 2. The molecule has 0 unspecified atom stereocenters. The fourth-order valence-corrected chi connectivity index (χ4v) is 5.54. The lowest BCUT2D eigenvalue weighted by atomic mass is 9.46. The smallest absolute Gasteiger partial charge is 0.414 e. The summed E-state index contributed by atoms with van der Waals surface area (Å²) >= 11 is 1.35. The Morgan fingerprint density at radius 1 is 0.810 bits per heavy atom. The molecule has 0 atom stereocenters. The molecule has 6 aromatic rings. The van der Waals surface area contributed by atoms with E-state index in [4.69, 9.17) is 13.9 Å². The van der Waals surface area contributed by atoms with Gasteiger partial charge in [-0.15, -0.1) is 0 Å². The maximum absolute atomic E-state index is 13.4. The molecule has 208 valence electrons. The van der Waals surface area contributed by atoms with Crippen molar-refractivity contribution < 1.29 is 23.5 Å². The molecule has 0 aliphatic rings. The van der Waals surface area contributed by atoms with E-state index in [9.17, 15) is 14.4 Å². The summed E-state index contributed by atoms with van der Waals surface area (Å²) in [6, 6.07) is 27.9. The lowest BCUT2D eigenvalue weighted by Gasteiger charge is -2.14. The van der Waals surface area contributed by atoms with Gasteiger partial charge in [0.2, 0.25) is 0 Å². The van der Waals surface area contributed by atoms with Crippen molar-refractivity contribution in [1.82, 2.24) is 9.78 Å². The number of ether oxygens (including phenoxy) is 2. The first-order valence-corrected chi connectivity index (χ1v) is 14.3. The number of rotatable bonds is 10. The van der Waals surface area contributed by atoms with Gasteiger partial charge < -0.3 is 13.9 Å². The van der Waals surface area contributed by atoms with Crippen LogP contribution in [0.1, 0.15) is 22.6 Å². The molecule has 42 heavy (non-hydrogen) atoms. The van der Waals surface area contributed by atoms with E-state index in [-0.39, 0.29) is 31.6 Å². The van der Waals surface area contributed by atoms with Gasteiger partial charge in [-0.3, -0.25) is 14.4 Å². The zero-order chi connectivity index (χ0) is 28.9. The molecule has 0 amide bonds. The van der Waals surface area contributed by atoms with Crippen molar-refractivity contribution in [3.8, 4) is 0 Å². The van der Waals surface area contributed by atoms with Crippen LogP contribution in [-0.4, -0.2) is 28.2 Å². The molecule has 6 rings (SSSR count). The summed E-state index contributed by atoms with van der Waals surface area (Å²) < 4.78 is 18.4. The molecular weight excluding hydrogens is 551 g/mol. The minimum Gasteiger partial charge on any atom is -0.468 e. The first kappa shape index (κ1) is 27.2. The second-order valence-electron chi connectivity index (χ2n) is 9.80. The van der Waals surface area contributed by atoms with Crippen LogP contribution in [-0.2, 0) is 35.6 Å². The van der Waals surface area contributed by atoms with E-state index in [0.29, 0.717) is 27.8 Å². The Morgan fingerprint density at radius 2 is 1.40 bits per heavy atom. The molecule has 0 spiro atoms. The maximum Gasteiger partial charge on any atom is 0.414 e. The number of aromatic nitrogens is 2. The standard InChI is InChI=1S/C32H25BN2O6S/c36-30-27-21-42-20-26(27)28(34-35(30)17-25-15-24-13-7-8-14-29(24)41-25)16-33(31(37)39-18-22-9-3-1-4-10-22)32(38)40-19-23-11-5-2-6-12-23/h1-15,20-21H,16-19H2. The van der Waals surface area contributed by atoms with Crippen LogP contribution >= 0.6 is 11.3 Å². The van der Waals surface area contributed by atoms with Gasteiger partial charge in [-0.2, -0.15) is 16.4 Å². The second kappa shape index (κ2) is 12.3. The third-order valence-corrected chi connectivity index (χ3v) is 7.62. The molecule has 0 saturated heterocycles. The van der Waals surface area contributed by atoms with E-state index in [2.05, 4.69) is 5.10 Å². The number of para-hydroxylation sites is 1. The highest BCUT2D eigenvalue weighted by Gasteiger charge is 2.38. The van der Waals surface area contributed by atoms with Gasteiger partial charge in [0, 0.05) is 21.5 Å². The van der Waals surface area contributed by atoms with Crippen LogP contribution < -0.4 is 5.56 Å². The summed E-state index contributed by atoms with van der Waals surface area (Å²) in [6.07, 6.45) is -0.102. The van der Waals surface area contributed by atoms with Crippen molar-refractivity contribution in [2.75, 3.05) is 0 Å². The van der Waals surface area contributed by atoms with Gasteiger partial charge in [-0.25, -0.2) is 4.68 Å². The quantitative estimate of drug-likeness (QED) is 0.168. The molecule has 0 aliphatic heterocycles. The topological polar surface area (TPSA) is 101 Å². The fourth-order valence-electron chi connectivity index (χ4n) is 4.71. The highest BCUT2D eigenvalue weighted by atomic mass is 32.1. The van der Waals surface area contributed by atoms with E-state index in [0.717, 1.165) is 16.5 Å². The van der Waals surface area contributed by atoms with Crippen molar-refractivity contribution in [2.24, 2.45) is 0 Å². The van der Waals surface area contributed by atoms with Crippen LogP contribution in [0.3, 0.4) is 0 Å². The number of benzene rings is 3. The van der Waals surface area contributed by atoms with Crippen molar-refractivity contribution >= 4 is 51.5 Å². The monoisotopic (exact) mass is 576 g/mol. The SMILES string of the molecule is O=C(OCc1ccccc1)B(Cc1nn(Cc2cc3ccccc3o2)c(=O)c2cscc12)C(=O)OCc1ccccc1. The van der Waals surface area contributed by atoms with Crippen LogP contribution in [0, 0.1) is 0 Å². The number of carbonyl (C=O) groups is 2. The van der Waals surface area contributed by atoms with E-state index in [1.165, 1.54) is 16.0 Å². The molecular formula is C32H25BN2O6S. The van der Waals surface area contributed by atoms with Gasteiger partial charge in [0.25, 0.3) is 17.3 Å². The molecule has 8 nitrogen and oxygen atoms in total. The first-order valence-electron chi connectivity index (χ1n) is 13.4. The average Bonchev–Trinajstić information content (AvgIpc) is 3.68. The average molecular weight is 576 g/mol. The van der Waals surface area contributed by atoms with Crippen molar-refractivity contribution in [3.05, 3.63) is 135 Å². The normalized spacial score (nSPS) is 11.0. The van der Waals surface area contributed by atoms with Gasteiger partial charge >= 0.3 is 6.71 Å². The summed E-state index contributed by atoms with van der Waals surface area (Å²) in [5.41, 5.74) is 2.42. The Morgan fingerprint density at radius 3 is 2.05 bits per heavy atom. The number of nitrogens with zero attached hydrogens (tertiary/aromatic N) is 2. The Hall–Kier alpha value is -4.96. The third-order valence-electron chi connectivity index (χ3n) is 6.88. The Balaban J connectivity index is 1.30. The van der Waals surface area contributed by atoms with Crippen LogP contribution in [0.15, 0.2) is 111 Å². The fraction of sp³-hybridized carbons (Fsp3) is 0.125. The molecule has 10 heteroatoms. The minimum atomic E-state index is -1.29. The van der Waals surface area contributed by atoms with E-state index < -0.39 is 18.5 Å².